The van der Waals surface area contributed by atoms with Gasteiger partial charge in [-0.05, 0) is 30.2 Å². The fourth-order valence-corrected chi connectivity index (χ4v) is 3.53. The van der Waals surface area contributed by atoms with Gasteiger partial charge in [-0.15, -0.1) is 0 Å². The Hall–Kier alpha value is -2.42. The van der Waals surface area contributed by atoms with Gasteiger partial charge in [-0.3, -0.25) is 4.79 Å². The second-order valence-electron chi connectivity index (χ2n) is 5.15. The van der Waals surface area contributed by atoms with Crippen LogP contribution in [0.3, 0.4) is 0 Å². The number of carbonyl (C=O) groups is 2. The van der Waals surface area contributed by atoms with Crippen LogP contribution in [0.1, 0.15) is 15.9 Å². The van der Waals surface area contributed by atoms with Crippen molar-refractivity contribution in [2.75, 3.05) is 0 Å². The molecule has 1 atom stereocenters. The van der Waals surface area contributed by atoms with Gasteiger partial charge < -0.3 is 10.2 Å². The van der Waals surface area contributed by atoms with E-state index in [9.17, 15) is 23.1 Å². The summed E-state index contributed by atoms with van der Waals surface area (Å²) >= 11 is 5.71. The lowest BCUT2D eigenvalue weighted by Gasteiger charge is -2.15. The molecule has 7 nitrogen and oxygen atoms in total. The molecule has 0 aliphatic rings. The molecular weight excluding hydrogens is 370 g/mol. The molecule has 0 heterocycles. The van der Waals surface area contributed by atoms with Gasteiger partial charge in [-0.25, -0.2) is 13.2 Å². The van der Waals surface area contributed by atoms with Crippen molar-refractivity contribution in [1.82, 2.24) is 4.72 Å². The Morgan fingerprint density at radius 3 is 2.28 bits per heavy atom. The summed E-state index contributed by atoms with van der Waals surface area (Å²) < 4.78 is 26.9. The first-order valence-electron chi connectivity index (χ1n) is 7.02. The molecule has 0 saturated heterocycles. The summed E-state index contributed by atoms with van der Waals surface area (Å²) in [6.07, 6.45) is -0.0607. The molecule has 9 heteroatoms. The zero-order chi connectivity index (χ0) is 18.6. The number of aromatic carboxylic acids is 1. The molecule has 0 bridgehead atoms. The zero-order valence-corrected chi connectivity index (χ0v) is 14.3. The van der Waals surface area contributed by atoms with E-state index in [1.165, 1.54) is 0 Å². The minimum absolute atomic E-state index is 0.0607. The van der Waals surface area contributed by atoms with E-state index in [0.29, 0.717) is 5.56 Å². The summed E-state index contributed by atoms with van der Waals surface area (Å²) in [6, 6.07) is 10.2. The second-order valence-corrected chi connectivity index (χ2v) is 7.27. The van der Waals surface area contributed by atoms with E-state index in [-0.39, 0.29) is 21.9 Å². The molecule has 132 valence electrons. The van der Waals surface area contributed by atoms with Crippen LogP contribution in [0.25, 0.3) is 0 Å². The van der Waals surface area contributed by atoms with E-state index in [1.54, 1.807) is 30.3 Å². The number of aliphatic carboxylic acids is 1. The number of nitrogens with one attached hydrogen (secondary N) is 1. The molecule has 2 aromatic rings. The molecule has 25 heavy (non-hydrogen) atoms. The van der Waals surface area contributed by atoms with Crippen molar-refractivity contribution < 1.29 is 28.2 Å². The predicted octanol–water partition coefficient (Wildman–Crippen LogP) is 2.01. The molecule has 0 amide bonds. The van der Waals surface area contributed by atoms with E-state index in [0.717, 1.165) is 18.2 Å². The molecule has 0 radical (unpaired) electrons. The number of hydrogen-bond acceptors (Lipinski definition) is 4. The van der Waals surface area contributed by atoms with Crippen molar-refractivity contribution in [2.24, 2.45) is 0 Å². The SMILES string of the molecule is O=C(O)c1cc(S(=O)(=O)N[C@@H](Cc2ccccc2)C(=O)O)ccc1Cl. The monoisotopic (exact) mass is 383 g/mol. The van der Waals surface area contributed by atoms with Crippen molar-refractivity contribution in [1.29, 1.82) is 0 Å². The van der Waals surface area contributed by atoms with E-state index in [4.69, 9.17) is 16.7 Å². The van der Waals surface area contributed by atoms with Gasteiger partial charge in [0, 0.05) is 0 Å². The lowest BCUT2D eigenvalue weighted by molar-refractivity contribution is -0.138. The van der Waals surface area contributed by atoms with Gasteiger partial charge in [0.15, 0.2) is 0 Å². The van der Waals surface area contributed by atoms with Crippen LogP contribution in [0.15, 0.2) is 53.4 Å². The third-order valence-corrected chi connectivity index (χ3v) is 5.16. The topological polar surface area (TPSA) is 121 Å². The smallest absolute Gasteiger partial charge is 0.337 e. The van der Waals surface area contributed by atoms with Gasteiger partial charge in [0.1, 0.15) is 6.04 Å². The third kappa shape index (κ3) is 4.79. The molecule has 0 aromatic heterocycles. The first kappa shape index (κ1) is 18.9. The highest BCUT2D eigenvalue weighted by Gasteiger charge is 2.26. The zero-order valence-electron chi connectivity index (χ0n) is 12.7. The molecule has 0 saturated carbocycles. The molecule has 0 spiro atoms. The number of halogens is 1. The van der Waals surface area contributed by atoms with Gasteiger partial charge in [0.2, 0.25) is 10.0 Å². The number of benzene rings is 2. The minimum Gasteiger partial charge on any atom is -0.480 e. The Labute approximate surface area is 148 Å². The van der Waals surface area contributed by atoms with Crippen molar-refractivity contribution in [2.45, 2.75) is 17.4 Å². The number of carboxylic acids is 2. The Balaban J connectivity index is 2.30. The van der Waals surface area contributed by atoms with Gasteiger partial charge in [-0.1, -0.05) is 41.9 Å². The van der Waals surface area contributed by atoms with Gasteiger partial charge in [0.05, 0.1) is 15.5 Å². The van der Waals surface area contributed by atoms with Crippen LogP contribution < -0.4 is 4.72 Å². The minimum atomic E-state index is -4.25. The fraction of sp³-hybridized carbons (Fsp3) is 0.125. The summed E-state index contributed by atoms with van der Waals surface area (Å²) in [5.41, 5.74) is 0.249. The van der Waals surface area contributed by atoms with Crippen molar-refractivity contribution in [3.05, 3.63) is 64.7 Å². The standard InChI is InChI=1S/C16H14ClNO6S/c17-13-7-6-11(9-12(13)15(19)20)25(23,24)18-14(16(21)22)8-10-4-2-1-3-5-10/h1-7,9,14,18H,8H2,(H,19,20)(H,21,22)/t14-/m0/s1. The van der Waals surface area contributed by atoms with Crippen LogP contribution in [0.5, 0.6) is 0 Å². The normalized spacial score (nSPS) is 12.5. The molecule has 0 aliphatic carbocycles. The summed E-state index contributed by atoms with van der Waals surface area (Å²) in [6.45, 7) is 0. The van der Waals surface area contributed by atoms with Crippen LogP contribution in [0.4, 0.5) is 0 Å². The van der Waals surface area contributed by atoms with E-state index < -0.39 is 28.0 Å². The predicted molar refractivity (Wildman–Crippen MR) is 90.3 cm³/mol. The molecule has 3 N–H and O–H groups in total. The summed E-state index contributed by atoms with van der Waals surface area (Å²) in [5.74, 6) is -2.74. The molecule has 0 fully saturated rings. The fourth-order valence-electron chi connectivity index (χ4n) is 2.12. The average molecular weight is 384 g/mol. The number of hydrogen-bond donors (Lipinski definition) is 3. The van der Waals surface area contributed by atoms with Crippen molar-refractivity contribution in [3.63, 3.8) is 0 Å². The summed E-state index contributed by atoms with van der Waals surface area (Å²) in [7, 11) is -4.25. The van der Waals surface area contributed by atoms with Crippen LogP contribution in [-0.4, -0.2) is 36.6 Å². The second kappa shape index (κ2) is 7.64. The lowest BCUT2D eigenvalue weighted by Crippen LogP contribution is -2.42. The maximum Gasteiger partial charge on any atom is 0.337 e. The van der Waals surface area contributed by atoms with Crippen LogP contribution in [0, 0.1) is 0 Å². The highest BCUT2D eigenvalue weighted by molar-refractivity contribution is 7.89. The van der Waals surface area contributed by atoms with Crippen LogP contribution >= 0.6 is 11.6 Å². The largest absolute Gasteiger partial charge is 0.480 e. The molecule has 2 rings (SSSR count). The van der Waals surface area contributed by atoms with Crippen molar-refractivity contribution >= 4 is 33.6 Å². The number of carboxylic acid groups (broad SMARTS) is 2. The molecule has 2 aromatic carbocycles. The van der Waals surface area contributed by atoms with Gasteiger partial charge >= 0.3 is 11.9 Å². The first-order valence-corrected chi connectivity index (χ1v) is 8.89. The molecular formula is C16H14ClNO6S. The molecule has 0 aliphatic heterocycles. The quantitative estimate of drug-likeness (QED) is 0.672. The first-order chi connectivity index (χ1) is 11.7. The highest BCUT2D eigenvalue weighted by atomic mass is 35.5. The van der Waals surface area contributed by atoms with E-state index in [1.807, 2.05) is 0 Å². The summed E-state index contributed by atoms with van der Waals surface area (Å²) in [4.78, 5) is 22.1. The van der Waals surface area contributed by atoms with E-state index in [2.05, 4.69) is 4.72 Å². The molecule has 0 unspecified atom stereocenters. The maximum absolute atomic E-state index is 12.4. The van der Waals surface area contributed by atoms with Crippen LogP contribution in [-0.2, 0) is 21.2 Å². The Kier molecular flexibility index (Phi) is 5.78. The average Bonchev–Trinajstić information content (AvgIpc) is 2.54. The lowest BCUT2D eigenvalue weighted by atomic mass is 10.1. The Morgan fingerprint density at radius 2 is 1.72 bits per heavy atom. The van der Waals surface area contributed by atoms with Gasteiger partial charge in [0.25, 0.3) is 0 Å². The highest BCUT2D eigenvalue weighted by Crippen LogP contribution is 2.21. The van der Waals surface area contributed by atoms with E-state index >= 15 is 0 Å². The number of sulfonamides is 1. The van der Waals surface area contributed by atoms with Crippen LogP contribution in [0.2, 0.25) is 5.02 Å². The Bertz CT molecular complexity index is 898. The number of rotatable bonds is 7. The Morgan fingerprint density at radius 1 is 1.08 bits per heavy atom. The third-order valence-electron chi connectivity index (χ3n) is 3.36. The van der Waals surface area contributed by atoms with Crippen molar-refractivity contribution in [3.8, 4) is 0 Å². The summed E-state index contributed by atoms with van der Waals surface area (Å²) in [5, 5.41) is 18.2. The van der Waals surface area contributed by atoms with Gasteiger partial charge in [-0.2, -0.15) is 4.72 Å². The maximum atomic E-state index is 12.4.